The Hall–Kier alpha value is -3.35. The van der Waals surface area contributed by atoms with Crippen LogP contribution in [0, 0.1) is 0 Å². The molecule has 6 heteroatoms. The van der Waals surface area contributed by atoms with Crippen LogP contribution in [0.5, 0.6) is 0 Å². The van der Waals surface area contributed by atoms with Gasteiger partial charge in [0.1, 0.15) is 4.90 Å². The first kappa shape index (κ1) is 18.0. The third-order valence-corrected chi connectivity index (χ3v) is 5.30. The number of anilines is 4. The van der Waals surface area contributed by atoms with E-state index in [1.54, 1.807) is 12.1 Å². The van der Waals surface area contributed by atoms with Crippen molar-refractivity contribution in [2.75, 3.05) is 10.6 Å². The molecular formula is C22H18N2O3S. The average molecular weight is 390 g/mol. The van der Waals surface area contributed by atoms with Crippen LogP contribution in [-0.2, 0) is 10.1 Å². The van der Waals surface area contributed by atoms with E-state index in [1.807, 2.05) is 78.9 Å². The van der Waals surface area contributed by atoms with Gasteiger partial charge in [0.15, 0.2) is 0 Å². The van der Waals surface area contributed by atoms with Gasteiger partial charge in [0.2, 0.25) is 0 Å². The summed E-state index contributed by atoms with van der Waals surface area (Å²) in [6.45, 7) is 0. The van der Waals surface area contributed by atoms with E-state index >= 15 is 0 Å². The lowest BCUT2D eigenvalue weighted by Crippen LogP contribution is -2.07. The number of para-hydroxylation sites is 2. The summed E-state index contributed by atoms with van der Waals surface area (Å²) in [6, 6.07) is 27.6. The molecule has 0 saturated heterocycles. The second kappa shape index (κ2) is 7.34. The quantitative estimate of drug-likeness (QED) is 0.388. The zero-order chi connectivity index (χ0) is 19.6. The molecule has 28 heavy (non-hydrogen) atoms. The lowest BCUT2D eigenvalue weighted by Gasteiger charge is -2.19. The van der Waals surface area contributed by atoms with Gasteiger partial charge in [-0.25, -0.2) is 0 Å². The minimum absolute atomic E-state index is 0.159. The maximum Gasteiger partial charge on any atom is 0.297 e. The molecule has 0 amide bonds. The van der Waals surface area contributed by atoms with Crippen molar-refractivity contribution in [3.63, 3.8) is 0 Å². The zero-order valence-electron chi connectivity index (χ0n) is 14.8. The van der Waals surface area contributed by atoms with Crippen LogP contribution >= 0.6 is 0 Å². The number of benzene rings is 4. The molecular weight excluding hydrogens is 372 g/mol. The first-order valence-corrected chi connectivity index (χ1v) is 10.1. The molecule has 140 valence electrons. The van der Waals surface area contributed by atoms with E-state index < -0.39 is 10.1 Å². The zero-order valence-corrected chi connectivity index (χ0v) is 15.6. The second-order valence-corrected chi connectivity index (χ2v) is 7.66. The highest BCUT2D eigenvalue weighted by molar-refractivity contribution is 7.86. The van der Waals surface area contributed by atoms with Crippen molar-refractivity contribution in [2.24, 2.45) is 0 Å². The van der Waals surface area contributed by atoms with Gasteiger partial charge in [0, 0.05) is 16.8 Å². The smallest absolute Gasteiger partial charge is 0.297 e. The number of rotatable bonds is 5. The molecule has 0 saturated carbocycles. The molecule has 4 aromatic carbocycles. The minimum atomic E-state index is -4.50. The molecule has 0 heterocycles. The predicted octanol–water partition coefficient (Wildman–Crippen LogP) is 5.57. The summed E-state index contributed by atoms with van der Waals surface area (Å²) in [5.74, 6) is 0. The Kier molecular flexibility index (Phi) is 4.73. The Bertz CT molecular complexity index is 1220. The molecule has 0 aliphatic heterocycles. The molecule has 0 aliphatic rings. The summed E-state index contributed by atoms with van der Waals surface area (Å²) in [5.41, 5.74) is 2.34. The molecule has 0 aromatic heterocycles. The summed E-state index contributed by atoms with van der Waals surface area (Å²) >= 11 is 0. The maximum atomic E-state index is 12.4. The first-order valence-electron chi connectivity index (χ1n) is 8.70. The topological polar surface area (TPSA) is 78.4 Å². The number of fused-ring (bicyclic) bond motifs is 1. The SMILES string of the molecule is O=S(=O)(O)c1c(Nc2ccccc2)c(Nc2ccccc2)cc2ccccc12. The molecule has 5 nitrogen and oxygen atoms in total. The maximum absolute atomic E-state index is 12.4. The van der Waals surface area contributed by atoms with Crippen molar-refractivity contribution in [2.45, 2.75) is 4.90 Å². The fourth-order valence-electron chi connectivity index (χ4n) is 3.15. The van der Waals surface area contributed by atoms with Gasteiger partial charge in [-0.2, -0.15) is 8.42 Å². The molecule has 0 aliphatic carbocycles. The van der Waals surface area contributed by atoms with E-state index in [2.05, 4.69) is 10.6 Å². The van der Waals surface area contributed by atoms with Crippen LogP contribution in [0.15, 0.2) is 95.9 Å². The van der Waals surface area contributed by atoms with Crippen LogP contribution in [0.2, 0.25) is 0 Å². The Labute approximate surface area is 163 Å². The van der Waals surface area contributed by atoms with Crippen LogP contribution in [-0.4, -0.2) is 13.0 Å². The molecule has 0 bridgehead atoms. The predicted molar refractivity (Wildman–Crippen MR) is 113 cm³/mol. The molecule has 0 fully saturated rings. The Balaban J connectivity index is 1.99. The average Bonchev–Trinajstić information content (AvgIpc) is 2.69. The van der Waals surface area contributed by atoms with Crippen molar-refractivity contribution in [1.82, 2.24) is 0 Å². The molecule has 0 spiro atoms. The number of hydrogen-bond donors (Lipinski definition) is 3. The molecule has 0 unspecified atom stereocenters. The van der Waals surface area contributed by atoms with E-state index in [1.165, 1.54) is 0 Å². The minimum Gasteiger partial charge on any atom is -0.354 e. The fraction of sp³-hybridized carbons (Fsp3) is 0. The van der Waals surface area contributed by atoms with Crippen molar-refractivity contribution in [3.05, 3.63) is 91.0 Å². The summed E-state index contributed by atoms with van der Waals surface area (Å²) in [4.78, 5) is -0.159. The van der Waals surface area contributed by atoms with Gasteiger partial charge in [-0.3, -0.25) is 4.55 Å². The highest BCUT2D eigenvalue weighted by atomic mass is 32.2. The monoisotopic (exact) mass is 390 g/mol. The standard InChI is InChI=1S/C22H18N2O3S/c25-28(26,27)22-19-14-8-7-9-16(19)15-20(23-17-10-3-1-4-11-17)21(22)24-18-12-5-2-6-13-18/h1-15,23-24H,(H,25,26,27). The Morgan fingerprint density at radius 2 is 1.21 bits per heavy atom. The molecule has 3 N–H and O–H groups in total. The van der Waals surface area contributed by atoms with E-state index in [9.17, 15) is 13.0 Å². The van der Waals surface area contributed by atoms with Crippen LogP contribution in [0.1, 0.15) is 0 Å². The van der Waals surface area contributed by atoms with E-state index in [-0.39, 0.29) is 10.6 Å². The normalized spacial score (nSPS) is 11.3. The first-order chi connectivity index (χ1) is 13.5. The van der Waals surface area contributed by atoms with Crippen molar-refractivity contribution in [3.8, 4) is 0 Å². The highest BCUT2D eigenvalue weighted by Gasteiger charge is 2.23. The van der Waals surface area contributed by atoms with Crippen molar-refractivity contribution in [1.29, 1.82) is 0 Å². The lowest BCUT2D eigenvalue weighted by atomic mass is 10.1. The van der Waals surface area contributed by atoms with E-state index in [0.717, 1.165) is 5.69 Å². The lowest BCUT2D eigenvalue weighted by molar-refractivity contribution is 0.484. The van der Waals surface area contributed by atoms with Crippen LogP contribution in [0.4, 0.5) is 22.7 Å². The fourth-order valence-corrected chi connectivity index (χ4v) is 4.03. The van der Waals surface area contributed by atoms with Gasteiger partial charge in [-0.1, -0.05) is 60.7 Å². The van der Waals surface area contributed by atoms with Gasteiger partial charge < -0.3 is 10.6 Å². The third-order valence-electron chi connectivity index (χ3n) is 4.36. The summed E-state index contributed by atoms with van der Waals surface area (Å²) < 4.78 is 34.7. The summed E-state index contributed by atoms with van der Waals surface area (Å²) in [6.07, 6.45) is 0. The number of hydrogen-bond acceptors (Lipinski definition) is 4. The van der Waals surface area contributed by atoms with Gasteiger partial charge in [0.25, 0.3) is 10.1 Å². The molecule has 4 rings (SSSR count). The largest absolute Gasteiger partial charge is 0.354 e. The van der Waals surface area contributed by atoms with E-state index in [0.29, 0.717) is 22.1 Å². The Morgan fingerprint density at radius 3 is 1.82 bits per heavy atom. The van der Waals surface area contributed by atoms with Gasteiger partial charge in [0.05, 0.1) is 11.4 Å². The second-order valence-electron chi connectivity index (χ2n) is 6.31. The summed E-state index contributed by atoms with van der Waals surface area (Å²) in [5, 5.41) is 7.57. The Morgan fingerprint density at radius 1 is 0.679 bits per heavy atom. The van der Waals surface area contributed by atoms with Crippen LogP contribution < -0.4 is 10.6 Å². The van der Waals surface area contributed by atoms with Gasteiger partial charge in [-0.05, 0) is 35.7 Å². The van der Waals surface area contributed by atoms with E-state index in [4.69, 9.17) is 0 Å². The molecule has 4 aromatic rings. The van der Waals surface area contributed by atoms with Gasteiger partial charge >= 0.3 is 0 Å². The van der Waals surface area contributed by atoms with Gasteiger partial charge in [-0.15, -0.1) is 0 Å². The highest BCUT2D eigenvalue weighted by Crippen LogP contribution is 2.40. The van der Waals surface area contributed by atoms with Crippen molar-refractivity contribution < 1.29 is 13.0 Å². The molecule has 0 atom stereocenters. The van der Waals surface area contributed by atoms with Crippen LogP contribution in [0.3, 0.4) is 0 Å². The molecule has 0 radical (unpaired) electrons. The third kappa shape index (κ3) is 3.69. The van der Waals surface area contributed by atoms with Crippen molar-refractivity contribution >= 4 is 43.6 Å². The summed E-state index contributed by atoms with van der Waals surface area (Å²) in [7, 11) is -4.50. The number of nitrogens with one attached hydrogen (secondary N) is 2. The van der Waals surface area contributed by atoms with Crippen LogP contribution in [0.25, 0.3) is 10.8 Å².